The second kappa shape index (κ2) is 15.3. The summed E-state index contributed by atoms with van der Waals surface area (Å²) in [5, 5.41) is 84.2. The van der Waals surface area contributed by atoms with Crippen LogP contribution in [0.2, 0.25) is 0 Å². The predicted molar refractivity (Wildman–Crippen MR) is 165 cm³/mol. The van der Waals surface area contributed by atoms with Gasteiger partial charge >= 0.3 is 5.97 Å². The van der Waals surface area contributed by atoms with Crippen LogP contribution in [0.3, 0.4) is 0 Å². The number of benzene rings is 1. The van der Waals surface area contributed by atoms with Crippen LogP contribution in [0, 0.1) is 20.8 Å². The van der Waals surface area contributed by atoms with Crippen LogP contribution in [0.1, 0.15) is 36.1 Å². The van der Waals surface area contributed by atoms with Gasteiger partial charge in [-0.2, -0.15) is 0 Å². The first-order valence-electron chi connectivity index (χ1n) is 14.8. The van der Waals surface area contributed by atoms with Crippen molar-refractivity contribution in [1.29, 1.82) is 0 Å². The number of aryl methyl sites for hydroxylation is 1. The molecule has 13 heteroatoms. The fraction of sp³-hybridized carbons (Fsp3) is 0.545. The average molecular weight is 651 g/mol. The SMILES string of the molecule is COc1cc(C)c(C=CC(C)=CC=CC(C)=CC(=O)O[C@@H]2O[C@H](CO)[C@](O)([C@@]3(O)CO[C@H](CO)[C@@H](O)[C@@H]3O)[C@H](O)[C@H]2O)c(C)c1C. The van der Waals surface area contributed by atoms with Crippen molar-refractivity contribution in [2.75, 3.05) is 26.9 Å². The number of aliphatic hydroxyl groups is 8. The summed E-state index contributed by atoms with van der Waals surface area (Å²) >= 11 is 0. The first-order chi connectivity index (χ1) is 21.6. The molecule has 2 fully saturated rings. The molecule has 0 amide bonds. The van der Waals surface area contributed by atoms with E-state index in [1.807, 2.05) is 52.0 Å². The molecule has 13 nitrogen and oxygen atoms in total. The Morgan fingerprint density at radius 3 is 2.26 bits per heavy atom. The number of aliphatic hydroxyl groups excluding tert-OH is 6. The summed E-state index contributed by atoms with van der Waals surface area (Å²) in [6.45, 7) is 6.89. The Morgan fingerprint density at radius 1 is 0.978 bits per heavy atom. The van der Waals surface area contributed by atoms with E-state index in [9.17, 15) is 45.6 Å². The van der Waals surface area contributed by atoms with Gasteiger partial charge in [-0.3, -0.25) is 0 Å². The normalized spacial score (nSPS) is 34.3. The smallest absolute Gasteiger partial charge is 0.333 e. The molecule has 0 aromatic heterocycles. The summed E-state index contributed by atoms with van der Waals surface area (Å²) in [6, 6.07) is 1.99. The third kappa shape index (κ3) is 7.29. The van der Waals surface area contributed by atoms with Gasteiger partial charge in [-0.25, -0.2) is 4.79 Å². The molecule has 0 saturated carbocycles. The van der Waals surface area contributed by atoms with Crippen LogP contribution in [0.25, 0.3) is 6.08 Å². The minimum Gasteiger partial charge on any atom is -0.496 e. The van der Waals surface area contributed by atoms with Crippen LogP contribution >= 0.6 is 0 Å². The van der Waals surface area contributed by atoms with Gasteiger partial charge in [0.15, 0.2) is 11.2 Å². The number of hydrogen-bond donors (Lipinski definition) is 8. The molecule has 1 aromatic carbocycles. The number of carbonyl (C=O) groups excluding carboxylic acids is 1. The van der Waals surface area contributed by atoms with Gasteiger partial charge in [-0.1, -0.05) is 36.0 Å². The van der Waals surface area contributed by atoms with Crippen molar-refractivity contribution in [3.05, 3.63) is 69.8 Å². The summed E-state index contributed by atoms with van der Waals surface area (Å²) in [5.41, 5.74) is -0.136. The second-order valence-corrected chi connectivity index (χ2v) is 11.8. The highest BCUT2D eigenvalue weighted by atomic mass is 16.7. The highest BCUT2D eigenvalue weighted by molar-refractivity contribution is 5.83. The number of esters is 1. The Labute approximate surface area is 267 Å². The monoisotopic (exact) mass is 650 g/mol. The van der Waals surface area contributed by atoms with Crippen LogP contribution in [-0.4, -0.2) is 128 Å². The lowest BCUT2D eigenvalue weighted by Gasteiger charge is -2.57. The van der Waals surface area contributed by atoms with E-state index in [4.69, 9.17) is 18.9 Å². The first kappa shape index (κ1) is 37.5. The molecule has 0 bridgehead atoms. The van der Waals surface area contributed by atoms with Crippen molar-refractivity contribution in [1.82, 2.24) is 0 Å². The average Bonchev–Trinajstić information content (AvgIpc) is 3.01. The molecule has 0 unspecified atom stereocenters. The molecule has 8 N–H and O–H groups in total. The van der Waals surface area contributed by atoms with E-state index in [0.717, 1.165) is 39.7 Å². The first-order valence-corrected chi connectivity index (χ1v) is 14.8. The molecule has 2 heterocycles. The molecule has 1 aromatic rings. The molecule has 0 spiro atoms. The van der Waals surface area contributed by atoms with Gasteiger partial charge in [0.25, 0.3) is 0 Å². The van der Waals surface area contributed by atoms with Crippen LogP contribution in [-0.2, 0) is 19.0 Å². The van der Waals surface area contributed by atoms with Crippen molar-refractivity contribution < 1.29 is 64.6 Å². The molecule has 0 aliphatic carbocycles. The minimum absolute atomic E-state index is 0.459. The van der Waals surface area contributed by atoms with E-state index in [-0.39, 0.29) is 0 Å². The van der Waals surface area contributed by atoms with Gasteiger partial charge in [0.05, 0.1) is 26.9 Å². The minimum atomic E-state index is -3.01. The molecule has 2 saturated heterocycles. The third-order valence-corrected chi connectivity index (χ3v) is 8.73. The lowest BCUT2D eigenvalue weighted by atomic mass is 9.67. The van der Waals surface area contributed by atoms with E-state index in [0.29, 0.717) is 5.57 Å². The van der Waals surface area contributed by atoms with Gasteiger partial charge in [-0.15, -0.1) is 0 Å². The maximum absolute atomic E-state index is 12.6. The molecular weight excluding hydrogens is 604 g/mol. The number of rotatable bonds is 10. The quantitative estimate of drug-likeness (QED) is 0.0924. The lowest BCUT2D eigenvalue weighted by Crippen LogP contribution is -2.82. The van der Waals surface area contributed by atoms with Gasteiger partial charge in [0, 0.05) is 6.08 Å². The standard InChI is InChI=1S/C33H46O13/c1-17(10-11-22-19(3)13-23(43-6)21(5)20(22)4)8-7-9-18(2)12-26(36)46-31-28(38)30(40)33(42,25(15-35)45-31)32(41)16-44-24(14-34)27(37)29(32)39/h7-13,24-25,27-31,34-35,37-42H,14-16H2,1-6H3/t24-,25-,27-,28-,29+,30-,31+,32-,33-/m1/s1. The third-order valence-electron chi connectivity index (χ3n) is 8.73. The maximum Gasteiger partial charge on any atom is 0.333 e. The Kier molecular flexibility index (Phi) is 12.5. The van der Waals surface area contributed by atoms with Crippen molar-refractivity contribution >= 4 is 12.0 Å². The molecule has 2 aliphatic heterocycles. The maximum atomic E-state index is 12.6. The molecule has 9 atom stereocenters. The van der Waals surface area contributed by atoms with Crippen LogP contribution < -0.4 is 4.74 Å². The van der Waals surface area contributed by atoms with Crippen molar-refractivity contribution in [3.8, 4) is 5.75 Å². The molecule has 2 aliphatic rings. The molecule has 0 radical (unpaired) electrons. The number of ether oxygens (including phenoxy) is 4. The summed E-state index contributed by atoms with van der Waals surface area (Å²) in [4.78, 5) is 12.6. The van der Waals surface area contributed by atoms with E-state index in [1.165, 1.54) is 0 Å². The molecule has 256 valence electrons. The van der Waals surface area contributed by atoms with Crippen molar-refractivity contribution in [3.63, 3.8) is 0 Å². The number of carbonyl (C=O) groups is 1. The molecule has 46 heavy (non-hydrogen) atoms. The Morgan fingerprint density at radius 2 is 1.65 bits per heavy atom. The number of hydrogen-bond acceptors (Lipinski definition) is 13. The van der Waals surface area contributed by atoms with Gasteiger partial charge < -0.3 is 59.8 Å². The van der Waals surface area contributed by atoms with Crippen LogP contribution in [0.15, 0.2) is 47.6 Å². The highest BCUT2D eigenvalue weighted by Crippen LogP contribution is 2.43. The number of methoxy groups -OCH3 is 1. The van der Waals surface area contributed by atoms with Gasteiger partial charge in [0.1, 0.15) is 42.4 Å². The van der Waals surface area contributed by atoms with E-state index < -0.39 is 79.9 Å². The number of allylic oxidation sites excluding steroid dienone is 6. The fourth-order valence-electron chi connectivity index (χ4n) is 5.72. The molecule has 3 rings (SSSR count). The molecular formula is C33H46O13. The predicted octanol–water partition coefficient (Wildman–Crippen LogP) is -0.360. The highest BCUT2D eigenvalue weighted by Gasteiger charge is 2.70. The summed E-state index contributed by atoms with van der Waals surface area (Å²) in [7, 11) is 1.64. The summed E-state index contributed by atoms with van der Waals surface area (Å²) < 4.78 is 21.1. The Bertz CT molecular complexity index is 1360. The van der Waals surface area contributed by atoms with Crippen LogP contribution in [0.5, 0.6) is 5.75 Å². The van der Waals surface area contributed by atoms with Gasteiger partial charge in [0.2, 0.25) is 6.29 Å². The summed E-state index contributed by atoms with van der Waals surface area (Å²) in [6.07, 6.45) is -3.49. The lowest BCUT2D eigenvalue weighted by molar-refractivity contribution is -0.387. The fourth-order valence-corrected chi connectivity index (χ4v) is 5.72. The zero-order valence-corrected chi connectivity index (χ0v) is 26.8. The van der Waals surface area contributed by atoms with E-state index in [1.54, 1.807) is 26.2 Å². The summed E-state index contributed by atoms with van der Waals surface area (Å²) in [5.74, 6) is -0.146. The second-order valence-electron chi connectivity index (χ2n) is 11.8. The Balaban J connectivity index is 1.69. The van der Waals surface area contributed by atoms with Crippen molar-refractivity contribution in [2.24, 2.45) is 0 Å². The van der Waals surface area contributed by atoms with E-state index >= 15 is 0 Å². The largest absolute Gasteiger partial charge is 0.496 e. The zero-order chi connectivity index (χ0) is 34.6. The Hall–Kier alpha value is -2.95. The van der Waals surface area contributed by atoms with Crippen LogP contribution in [0.4, 0.5) is 0 Å². The topological polar surface area (TPSA) is 216 Å². The van der Waals surface area contributed by atoms with E-state index in [2.05, 4.69) is 0 Å². The van der Waals surface area contributed by atoms with Gasteiger partial charge in [-0.05, 0) is 68.5 Å². The van der Waals surface area contributed by atoms with Crippen molar-refractivity contribution in [2.45, 2.75) is 88.7 Å². The zero-order valence-electron chi connectivity index (χ0n) is 26.8.